The zero-order valence-electron chi connectivity index (χ0n) is 8.19. The second-order valence-electron chi connectivity index (χ2n) is 2.96. The Labute approximate surface area is 84.5 Å². The van der Waals surface area contributed by atoms with Gasteiger partial charge in [0, 0.05) is 17.5 Å². The van der Waals surface area contributed by atoms with Crippen molar-refractivity contribution in [3.8, 4) is 0 Å². The van der Waals surface area contributed by atoms with Crippen LogP contribution >= 0.6 is 11.6 Å². The predicted octanol–water partition coefficient (Wildman–Crippen LogP) is 1.24. The third-order valence-corrected chi connectivity index (χ3v) is 1.66. The molecule has 1 amide bonds. The van der Waals surface area contributed by atoms with Gasteiger partial charge in [0.05, 0.1) is 6.54 Å². The zero-order valence-corrected chi connectivity index (χ0v) is 8.95. The molecule has 1 unspecified atom stereocenters. The van der Waals surface area contributed by atoms with Gasteiger partial charge in [0.1, 0.15) is 0 Å². The first kappa shape index (κ1) is 12.5. The molecule has 0 saturated heterocycles. The molecule has 0 bridgehead atoms. The third-order valence-electron chi connectivity index (χ3n) is 1.52. The van der Waals surface area contributed by atoms with Crippen LogP contribution in [-0.2, 0) is 4.79 Å². The maximum Gasteiger partial charge on any atom is 0.221 e. The highest BCUT2D eigenvalue weighted by Crippen LogP contribution is 1.94. The molecule has 0 fully saturated rings. The van der Waals surface area contributed by atoms with Crippen molar-refractivity contribution < 1.29 is 4.79 Å². The number of carbonyl (C=O) groups excluding carboxylic acids is 1. The molecule has 4 heteroatoms. The van der Waals surface area contributed by atoms with E-state index >= 15 is 0 Å². The first-order valence-electron chi connectivity index (χ1n) is 4.39. The number of hydrogen-bond acceptors (Lipinski definition) is 2. The second kappa shape index (κ2) is 6.92. The van der Waals surface area contributed by atoms with Crippen molar-refractivity contribution in [1.82, 2.24) is 10.6 Å². The maximum absolute atomic E-state index is 11.2. The summed E-state index contributed by atoms with van der Waals surface area (Å²) in [5.74, 6) is -0.00440. The van der Waals surface area contributed by atoms with Gasteiger partial charge in [0.25, 0.3) is 0 Å². The van der Waals surface area contributed by atoms with Crippen LogP contribution in [0.4, 0.5) is 0 Å². The SMILES string of the molecule is C=C(Cl)CNC(=O)CC(C)NCC. The topological polar surface area (TPSA) is 41.1 Å². The summed E-state index contributed by atoms with van der Waals surface area (Å²) in [5, 5.41) is 6.26. The average Bonchev–Trinajstić information content (AvgIpc) is 2.01. The van der Waals surface area contributed by atoms with Crippen molar-refractivity contribution in [2.24, 2.45) is 0 Å². The quantitative estimate of drug-likeness (QED) is 0.684. The molecule has 0 heterocycles. The Bertz CT molecular complexity index is 182. The van der Waals surface area contributed by atoms with E-state index in [1.165, 1.54) is 0 Å². The van der Waals surface area contributed by atoms with Crippen LogP contribution in [0.2, 0.25) is 0 Å². The lowest BCUT2D eigenvalue weighted by molar-refractivity contribution is -0.121. The van der Waals surface area contributed by atoms with Gasteiger partial charge >= 0.3 is 0 Å². The van der Waals surface area contributed by atoms with Crippen molar-refractivity contribution in [2.75, 3.05) is 13.1 Å². The van der Waals surface area contributed by atoms with Crippen molar-refractivity contribution in [3.63, 3.8) is 0 Å². The summed E-state index contributed by atoms with van der Waals surface area (Å²) in [5.41, 5.74) is 0. The molecule has 0 aliphatic carbocycles. The molecule has 76 valence electrons. The molecule has 13 heavy (non-hydrogen) atoms. The Balaban J connectivity index is 3.55. The van der Waals surface area contributed by atoms with Gasteiger partial charge in [-0.2, -0.15) is 0 Å². The molecule has 0 aromatic heterocycles. The van der Waals surface area contributed by atoms with Crippen LogP contribution in [-0.4, -0.2) is 25.0 Å². The van der Waals surface area contributed by atoms with Crippen LogP contribution in [0.25, 0.3) is 0 Å². The van der Waals surface area contributed by atoms with E-state index in [0.29, 0.717) is 18.0 Å². The first-order valence-corrected chi connectivity index (χ1v) is 4.77. The Kier molecular flexibility index (Phi) is 6.63. The summed E-state index contributed by atoms with van der Waals surface area (Å²) < 4.78 is 0. The maximum atomic E-state index is 11.2. The minimum absolute atomic E-state index is 0.00440. The highest BCUT2D eigenvalue weighted by Gasteiger charge is 2.06. The van der Waals surface area contributed by atoms with E-state index in [-0.39, 0.29) is 11.9 Å². The van der Waals surface area contributed by atoms with E-state index in [4.69, 9.17) is 11.6 Å². The standard InChI is InChI=1S/C9H17ClN2O/c1-4-11-8(3)5-9(13)12-6-7(2)10/h8,11H,2,4-6H2,1,3H3,(H,12,13). The van der Waals surface area contributed by atoms with Gasteiger partial charge < -0.3 is 10.6 Å². The molecule has 1 atom stereocenters. The average molecular weight is 205 g/mol. The lowest BCUT2D eigenvalue weighted by Gasteiger charge is -2.11. The van der Waals surface area contributed by atoms with Crippen molar-refractivity contribution >= 4 is 17.5 Å². The molecule has 0 saturated carbocycles. The normalized spacial score (nSPS) is 12.2. The molecular weight excluding hydrogens is 188 g/mol. The summed E-state index contributed by atoms with van der Waals surface area (Å²) in [4.78, 5) is 11.2. The molecular formula is C9H17ClN2O. The molecule has 0 aliphatic rings. The molecule has 0 rings (SSSR count). The monoisotopic (exact) mass is 204 g/mol. The fourth-order valence-electron chi connectivity index (χ4n) is 0.965. The summed E-state index contributed by atoms with van der Waals surface area (Å²) in [6.45, 7) is 8.68. The number of hydrogen-bond donors (Lipinski definition) is 2. The second-order valence-corrected chi connectivity index (χ2v) is 3.49. The summed E-state index contributed by atoms with van der Waals surface area (Å²) in [6, 6.07) is 0.202. The lowest BCUT2D eigenvalue weighted by Crippen LogP contribution is -2.34. The minimum atomic E-state index is -0.00440. The number of amides is 1. The van der Waals surface area contributed by atoms with E-state index in [9.17, 15) is 4.79 Å². The number of carbonyl (C=O) groups is 1. The summed E-state index contributed by atoms with van der Waals surface area (Å²) >= 11 is 5.49. The fraction of sp³-hybridized carbons (Fsp3) is 0.667. The van der Waals surface area contributed by atoms with Gasteiger partial charge in [0.2, 0.25) is 5.91 Å². The molecule has 0 aliphatic heterocycles. The summed E-state index contributed by atoms with van der Waals surface area (Å²) in [6.07, 6.45) is 0.470. The van der Waals surface area contributed by atoms with Crippen LogP contribution in [0.1, 0.15) is 20.3 Å². The smallest absolute Gasteiger partial charge is 0.221 e. The highest BCUT2D eigenvalue weighted by atomic mass is 35.5. The molecule has 2 N–H and O–H groups in total. The Morgan fingerprint density at radius 2 is 2.23 bits per heavy atom. The molecule has 0 aromatic rings. The summed E-state index contributed by atoms with van der Waals surface area (Å²) in [7, 11) is 0. The van der Waals surface area contributed by atoms with Crippen LogP contribution in [0.5, 0.6) is 0 Å². The number of nitrogens with one attached hydrogen (secondary N) is 2. The van der Waals surface area contributed by atoms with Crippen molar-refractivity contribution in [3.05, 3.63) is 11.6 Å². The molecule has 3 nitrogen and oxygen atoms in total. The van der Waals surface area contributed by atoms with Gasteiger partial charge in [-0.25, -0.2) is 0 Å². The number of rotatable bonds is 6. The van der Waals surface area contributed by atoms with Crippen LogP contribution in [0, 0.1) is 0 Å². The van der Waals surface area contributed by atoms with Crippen LogP contribution in [0.15, 0.2) is 11.6 Å². The Morgan fingerprint density at radius 3 is 2.69 bits per heavy atom. The fourth-order valence-corrected chi connectivity index (χ4v) is 1.03. The molecule has 0 radical (unpaired) electrons. The van der Waals surface area contributed by atoms with Gasteiger partial charge in [-0.05, 0) is 13.5 Å². The van der Waals surface area contributed by atoms with E-state index < -0.39 is 0 Å². The van der Waals surface area contributed by atoms with Gasteiger partial charge in [-0.3, -0.25) is 4.79 Å². The Morgan fingerprint density at radius 1 is 1.62 bits per heavy atom. The van der Waals surface area contributed by atoms with Gasteiger partial charge in [0.15, 0.2) is 0 Å². The highest BCUT2D eigenvalue weighted by molar-refractivity contribution is 6.29. The Hall–Kier alpha value is -0.540. The van der Waals surface area contributed by atoms with Crippen LogP contribution in [0.3, 0.4) is 0 Å². The lowest BCUT2D eigenvalue weighted by atomic mass is 10.2. The van der Waals surface area contributed by atoms with Gasteiger partial charge in [-0.1, -0.05) is 25.1 Å². The van der Waals surface area contributed by atoms with E-state index in [1.807, 2.05) is 13.8 Å². The van der Waals surface area contributed by atoms with E-state index in [0.717, 1.165) is 6.54 Å². The molecule has 0 aromatic carbocycles. The van der Waals surface area contributed by atoms with Gasteiger partial charge in [-0.15, -0.1) is 0 Å². The predicted molar refractivity (Wildman–Crippen MR) is 55.8 cm³/mol. The minimum Gasteiger partial charge on any atom is -0.351 e. The zero-order chi connectivity index (χ0) is 10.3. The first-order chi connectivity index (χ1) is 6.06. The van der Waals surface area contributed by atoms with Crippen molar-refractivity contribution in [2.45, 2.75) is 26.3 Å². The van der Waals surface area contributed by atoms with Crippen LogP contribution < -0.4 is 10.6 Å². The van der Waals surface area contributed by atoms with E-state index in [1.54, 1.807) is 0 Å². The molecule has 0 spiro atoms. The number of halogens is 1. The largest absolute Gasteiger partial charge is 0.351 e. The third kappa shape index (κ3) is 7.81. The van der Waals surface area contributed by atoms with E-state index in [2.05, 4.69) is 17.2 Å². The van der Waals surface area contributed by atoms with Crippen molar-refractivity contribution in [1.29, 1.82) is 0 Å².